The molecular formula is C23H24FN3O3. The molecule has 0 spiro atoms. The number of aromatic nitrogens is 1. The van der Waals surface area contributed by atoms with E-state index in [4.69, 9.17) is 9.25 Å². The number of rotatable bonds is 5. The van der Waals surface area contributed by atoms with Gasteiger partial charge in [-0.25, -0.2) is 4.39 Å². The van der Waals surface area contributed by atoms with Crippen molar-refractivity contribution in [3.05, 3.63) is 71.0 Å². The lowest BCUT2D eigenvalue weighted by Gasteiger charge is -2.33. The van der Waals surface area contributed by atoms with Crippen molar-refractivity contribution in [1.29, 1.82) is 0 Å². The minimum Gasteiger partial charge on any atom is -0.616 e. The largest absolute Gasteiger partial charge is 0.616 e. The van der Waals surface area contributed by atoms with Crippen LogP contribution >= 0.6 is 0 Å². The van der Waals surface area contributed by atoms with Crippen molar-refractivity contribution >= 4 is 16.8 Å². The molecule has 1 aromatic heterocycles. The van der Waals surface area contributed by atoms with Gasteiger partial charge in [0.15, 0.2) is 0 Å². The first-order valence-electron chi connectivity index (χ1n) is 10.4. The van der Waals surface area contributed by atoms with E-state index in [0.717, 1.165) is 63.0 Å². The fourth-order valence-electron chi connectivity index (χ4n) is 4.44. The summed E-state index contributed by atoms with van der Waals surface area (Å²) in [7, 11) is 0. The van der Waals surface area contributed by atoms with Crippen molar-refractivity contribution < 1.29 is 18.4 Å². The number of oxime groups is 1. The summed E-state index contributed by atoms with van der Waals surface area (Å²) in [6.07, 6.45) is 5.25. The highest BCUT2D eigenvalue weighted by molar-refractivity contribution is 6.02. The first-order valence-corrected chi connectivity index (χ1v) is 10.4. The van der Waals surface area contributed by atoms with Gasteiger partial charge in [0, 0.05) is 24.6 Å². The minimum atomic E-state index is -0.176. The number of oxazole rings is 1. The molecule has 1 unspecified atom stereocenters. The van der Waals surface area contributed by atoms with Crippen LogP contribution in [0.5, 0.6) is 0 Å². The second-order valence-electron chi connectivity index (χ2n) is 8.28. The van der Waals surface area contributed by atoms with Gasteiger partial charge in [0.05, 0.1) is 5.71 Å². The van der Waals surface area contributed by atoms with Crippen LogP contribution in [0.15, 0.2) is 58.4 Å². The molecule has 6 nitrogen and oxygen atoms in total. The average Bonchev–Trinajstić information content (AvgIpc) is 3.38. The molecule has 0 aliphatic carbocycles. The van der Waals surface area contributed by atoms with Crippen LogP contribution < -0.4 is 4.73 Å². The van der Waals surface area contributed by atoms with Crippen LogP contribution in [0.25, 0.3) is 11.1 Å². The van der Waals surface area contributed by atoms with E-state index in [1.54, 1.807) is 18.2 Å². The number of piperidine rings is 1. The van der Waals surface area contributed by atoms with E-state index in [9.17, 15) is 9.60 Å². The molecule has 2 aromatic carbocycles. The SMILES string of the molecule is [O-][n+]1coc2cc(C3=NOC(CN4CCC(Cc5ccc(F)cc5)CC4)C3)ccc21. The molecule has 3 heterocycles. The molecule has 5 rings (SSSR count). The summed E-state index contributed by atoms with van der Waals surface area (Å²) in [6.45, 7) is 2.95. The standard InChI is InChI=1S/C23H24FN3O3/c24-19-4-1-16(2-5-19)11-17-7-9-26(10-8-17)14-20-13-21(25-30-20)18-3-6-22-23(12-18)29-15-27(22)28/h1-6,12,15,17,20H,7-11,13-14H2. The number of hydrogen-bond donors (Lipinski definition) is 0. The van der Waals surface area contributed by atoms with Gasteiger partial charge in [-0.15, -0.1) is 4.73 Å². The third-order valence-electron chi connectivity index (χ3n) is 6.15. The Morgan fingerprint density at radius 3 is 2.73 bits per heavy atom. The van der Waals surface area contributed by atoms with E-state index in [2.05, 4.69) is 10.1 Å². The molecule has 156 valence electrons. The van der Waals surface area contributed by atoms with Crippen molar-refractivity contribution in [1.82, 2.24) is 4.90 Å². The minimum absolute atomic E-state index is 0.0467. The van der Waals surface area contributed by atoms with Crippen LogP contribution in [0.4, 0.5) is 4.39 Å². The zero-order valence-electron chi connectivity index (χ0n) is 16.7. The van der Waals surface area contributed by atoms with E-state index in [1.807, 2.05) is 24.3 Å². The zero-order chi connectivity index (χ0) is 20.5. The van der Waals surface area contributed by atoms with Crippen LogP contribution in [0, 0.1) is 16.9 Å². The first-order chi connectivity index (χ1) is 14.6. The maximum Gasteiger partial charge on any atom is 0.347 e. The van der Waals surface area contributed by atoms with Gasteiger partial charge in [0.25, 0.3) is 5.52 Å². The highest BCUT2D eigenvalue weighted by Gasteiger charge is 2.27. The summed E-state index contributed by atoms with van der Waals surface area (Å²) < 4.78 is 19.1. The third-order valence-corrected chi connectivity index (χ3v) is 6.15. The summed E-state index contributed by atoms with van der Waals surface area (Å²) in [4.78, 5) is 8.13. The maximum atomic E-state index is 13.1. The van der Waals surface area contributed by atoms with Crippen molar-refractivity contribution in [3.63, 3.8) is 0 Å². The lowest BCUT2D eigenvalue weighted by Crippen LogP contribution is -2.39. The molecule has 2 aliphatic heterocycles. The quantitative estimate of drug-likeness (QED) is 0.477. The van der Waals surface area contributed by atoms with E-state index in [1.165, 1.54) is 5.56 Å². The molecule has 1 saturated heterocycles. The van der Waals surface area contributed by atoms with Gasteiger partial charge in [-0.1, -0.05) is 17.3 Å². The van der Waals surface area contributed by atoms with Gasteiger partial charge >= 0.3 is 6.39 Å². The Balaban J connectivity index is 1.11. The summed E-state index contributed by atoms with van der Waals surface area (Å²) >= 11 is 0. The van der Waals surface area contributed by atoms with Crippen LogP contribution in [0.1, 0.15) is 30.4 Å². The van der Waals surface area contributed by atoms with Gasteiger partial charge in [0.2, 0.25) is 5.58 Å². The summed E-state index contributed by atoms with van der Waals surface area (Å²) in [5.41, 5.74) is 4.10. The van der Waals surface area contributed by atoms with E-state index in [0.29, 0.717) is 21.7 Å². The number of nitrogens with zero attached hydrogens (tertiary/aromatic N) is 3. The summed E-state index contributed by atoms with van der Waals surface area (Å²) in [6, 6.07) is 12.4. The van der Waals surface area contributed by atoms with Crippen molar-refractivity contribution in [2.45, 2.75) is 31.8 Å². The average molecular weight is 409 g/mol. The Labute approximate surface area is 174 Å². The number of hydrogen-bond acceptors (Lipinski definition) is 5. The molecular weight excluding hydrogens is 385 g/mol. The Hall–Kier alpha value is -2.93. The molecule has 0 amide bonds. The van der Waals surface area contributed by atoms with E-state index >= 15 is 0 Å². The first kappa shape index (κ1) is 19.1. The monoisotopic (exact) mass is 409 g/mol. The summed E-state index contributed by atoms with van der Waals surface area (Å²) in [5, 5.41) is 15.8. The Morgan fingerprint density at radius 1 is 1.13 bits per heavy atom. The van der Waals surface area contributed by atoms with Crippen LogP contribution in [-0.2, 0) is 11.3 Å². The smallest absolute Gasteiger partial charge is 0.347 e. The molecule has 0 radical (unpaired) electrons. The van der Waals surface area contributed by atoms with Crippen molar-refractivity contribution in [2.24, 2.45) is 11.1 Å². The van der Waals surface area contributed by atoms with Crippen molar-refractivity contribution in [3.8, 4) is 0 Å². The normalized spacial score (nSPS) is 20.4. The molecule has 0 N–H and O–H groups in total. The van der Waals surface area contributed by atoms with Gasteiger partial charge < -0.3 is 14.5 Å². The molecule has 0 saturated carbocycles. The van der Waals surface area contributed by atoms with Gasteiger partial charge in [0.1, 0.15) is 11.9 Å². The van der Waals surface area contributed by atoms with Gasteiger partial charge in [-0.3, -0.25) is 4.90 Å². The number of benzene rings is 2. The fourth-order valence-corrected chi connectivity index (χ4v) is 4.44. The topological polar surface area (TPSA) is 64.9 Å². The predicted molar refractivity (Wildman–Crippen MR) is 110 cm³/mol. The predicted octanol–water partition coefficient (Wildman–Crippen LogP) is 3.65. The second kappa shape index (κ2) is 8.07. The van der Waals surface area contributed by atoms with Gasteiger partial charge in [-0.2, -0.15) is 0 Å². The number of halogens is 1. The molecule has 1 atom stereocenters. The number of fused-ring (bicyclic) bond motifs is 1. The van der Waals surface area contributed by atoms with Crippen LogP contribution in [0.2, 0.25) is 0 Å². The van der Waals surface area contributed by atoms with E-state index < -0.39 is 0 Å². The van der Waals surface area contributed by atoms with Crippen LogP contribution in [-0.4, -0.2) is 36.3 Å². The third kappa shape index (κ3) is 4.03. The Kier molecular flexibility index (Phi) is 5.12. The second-order valence-corrected chi connectivity index (χ2v) is 8.28. The zero-order valence-corrected chi connectivity index (χ0v) is 16.7. The number of likely N-dealkylation sites (tertiary alicyclic amines) is 1. The lowest BCUT2D eigenvalue weighted by molar-refractivity contribution is -0.582. The van der Waals surface area contributed by atoms with E-state index in [-0.39, 0.29) is 11.9 Å². The lowest BCUT2D eigenvalue weighted by atomic mass is 9.90. The van der Waals surface area contributed by atoms with Crippen LogP contribution in [0.3, 0.4) is 0 Å². The fraction of sp³-hybridized carbons (Fsp3) is 0.391. The molecule has 2 aliphatic rings. The molecule has 1 fully saturated rings. The van der Waals surface area contributed by atoms with Crippen molar-refractivity contribution in [2.75, 3.05) is 19.6 Å². The maximum absolute atomic E-state index is 13.1. The Morgan fingerprint density at radius 2 is 1.93 bits per heavy atom. The Bertz CT molecular complexity index is 1060. The molecule has 3 aromatic rings. The molecule has 30 heavy (non-hydrogen) atoms. The van der Waals surface area contributed by atoms with Gasteiger partial charge in [-0.05, 0) is 68.1 Å². The highest BCUT2D eigenvalue weighted by atomic mass is 19.1. The molecule has 0 bridgehead atoms. The summed E-state index contributed by atoms with van der Waals surface area (Å²) in [5.74, 6) is 0.469. The highest BCUT2D eigenvalue weighted by Crippen LogP contribution is 2.25. The molecule has 7 heteroatoms.